The number of carbonyl (C=O) groups is 1. The number of hydrogen-bond donors (Lipinski definition) is 1. The minimum absolute atomic E-state index is 0.0279. The Morgan fingerprint density at radius 1 is 1.20 bits per heavy atom. The molecule has 2 aliphatic heterocycles. The molecule has 4 rings (SSSR count). The van der Waals surface area contributed by atoms with Crippen LogP contribution >= 0.6 is 0 Å². The third-order valence-corrected chi connectivity index (χ3v) is 5.18. The van der Waals surface area contributed by atoms with Crippen molar-refractivity contribution in [2.75, 3.05) is 31.1 Å². The number of amides is 1. The topological polar surface area (TPSA) is 78.3 Å². The minimum Gasteiger partial charge on any atom is -0.441 e. The molecule has 2 saturated heterocycles. The number of carbonyl (C=O) groups excluding carboxylic acids is 1. The maximum absolute atomic E-state index is 14.7. The molecular weight excluding hydrogens is 394 g/mol. The summed E-state index contributed by atoms with van der Waals surface area (Å²) in [6, 6.07) is 5.38. The van der Waals surface area contributed by atoms with Gasteiger partial charge < -0.3 is 9.84 Å². The fraction of sp³-hybridized carbons (Fsp3) is 0.381. The number of rotatable bonds is 5. The van der Waals surface area contributed by atoms with Gasteiger partial charge in [-0.2, -0.15) is 5.10 Å². The lowest BCUT2D eigenvalue weighted by molar-refractivity contribution is 0.0963. The van der Waals surface area contributed by atoms with Gasteiger partial charge in [-0.3, -0.25) is 14.9 Å². The van der Waals surface area contributed by atoms with E-state index in [4.69, 9.17) is 9.84 Å². The highest BCUT2D eigenvalue weighted by Crippen LogP contribution is 2.31. The molecule has 0 unspecified atom stereocenters. The van der Waals surface area contributed by atoms with Crippen molar-refractivity contribution < 1.29 is 23.4 Å². The zero-order chi connectivity index (χ0) is 21.1. The fourth-order valence-corrected chi connectivity index (χ4v) is 3.58. The van der Waals surface area contributed by atoms with E-state index in [0.717, 1.165) is 43.0 Å². The van der Waals surface area contributed by atoms with Crippen molar-refractivity contribution in [1.82, 2.24) is 9.99 Å². The Bertz CT molecular complexity index is 923. The van der Waals surface area contributed by atoms with E-state index >= 15 is 0 Å². The van der Waals surface area contributed by atoms with E-state index in [1.165, 1.54) is 12.6 Å². The van der Waals surface area contributed by atoms with Gasteiger partial charge in [0.05, 0.1) is 36.3 Å². The molecule has 2 aromatic rings. The molecule has 1 N–H and O–H groups in total. The van der Waals surface area contributed by atoms with Gasteiger partial charge in [-0.05, 0) is 37.5 Å². The van der Waals surface area contributed by atoms with Gasteiger partial charge in [0.15, 0.2) is 0 Å². The second-order valence-corrected chi connectivity index (χ2v) is 7.31. The average Bonchev–Trinajstić information content (AvgIpc) is 3.14. The number of aliphatic hydroxyl groups excluding tert-OH is 1. The number of anilines is 1. The van der Waals surface area contributed by atoms with Crippen LogP contribution in [-0.4, -0.2) is 59.8 Å². The van der Waals surface area contributed by atoms with Crippen LogP contribution in [0, 0.1) is 11.6 Å². The van der Waals surface area contributed by atoms with Crippen molar-refractivity contribution in [3.63, 3.8) is 0 Å². The lowest BCUT2D eigenvalue weighted by Gasteiger charge is -2.23. The largest absolute Gasteiger partial charge is 0.441 e. The number of cyclic esters (lactones) is 1. The summed E-state index contributed by atoms with van der Waals surface area (Å²) in [5, 5.41) is 15.5. The van der Waals surface area contributed by atoms with E-state index in [1.807, 2.05) is 5.01 Å². The molecule has 0 saturated carbocycles. The van der Waals surface area contributed by atoms with Crippen LogP contribution in [0.3, 0.4) is 0 Å². The number of benzene rings is 1. The van der Waals surface area contributed by atoms with Gasteiger partial charge in [0.1, 0.15) is 17.7 Å². The molecular formula is C21H22F2N4O3. The maximum Gasteiger partial charge on any atom is 0.414 e. The van der Waals surface area contributed by atoms with Crippen molar-refractivity contribution >= 4 is 18.0 Å². The molecule has 2 fully saturated rings. The number of hydrogen-bond acceptors (Lipinski definition) is 6. The lowest BCUT2D eigenvalue weighted by atomic mass is 10.0. The van der Waals surface area contributed by atoms with Gasteiger partial charge in [-0.15, -0.1) is 0 Å². The second kappa shape index (κ2) is 8.74. The summed E-state index contributed by atoms with van der Waals surface area (Å²) >= 11 is 0. The molecule has 0 radical (unpaired) electrons. The third-order valence-electron chi connectivity index (χ3n) is 5.18. The summed E-state index contributed by atoms with van der Waals surface area (Å²) < 4.78 is 34.4. The summed E-state index contributed by atoms with van der Waals surface area (Å²) in [6.45, 7) is 1.51. The first-order valence-electron chi connectivity index (χ1n) is 9.88. The summed E-state index contributed by atoms with van der Waals surface area (Å²) in [7, 11) is 0. The highest BCUT2D eigenvalue weighted by molar-refractivity contribution is 5.90. The summed E-state index contributed by atoms with van der Waals surface area (Å²) in [6.07, 6.45) is 5.02. The quantitative estimate of drug-likeness (QED) is 0.758. The van der Waals surface area contributed by atoms with E-state index < -0.39 is 23.8 Å². The SMILES string of the molecule is O=C1O[C@@H](CO)CN1c1cc(F)c(-c2ccc(/C=N/N3CCCCC3)nc2)c(F)c1. The van der Waals surface area contributed by atoms with Crippen molar-refractivity contribution in [2.45, 2.75) is 25.4 Å². The molecule has 3 heterocycles. The smallest absolute Gasteiger partial charge is 0.414 e. The number of pyridine rings is 1. The Morgan fingerprint density at radius 2 is 1.93 bits per heavy atom. The zero-order valence-electron chi connectivity index (χ0n) is 16.3. The molecule has 7 nitrogen and oxygen atoms in total. The Labute approximate surface area is 172 Å². The molecule has 1 atom stereocenters. The zero-order valence-corrected chi connectivity index (χ0v) is 16.3. The molecule has 0 spiro atoms. The molecule has 1 aromatic carbocycles. The maximum atomic E-state index is 14.7. The van der Waals surface area contributed by atoms with Crippen molar-refractivity contribution in [3.8, 4) is 11.1 Å². The van der Waals surface area contributed by atoms with Gasteiger partial charge >= 0.3 is 6.09 Å². The molecule has 30 heavy (non-hydrogen) atoms. The first-order valence-corrected chi connectivity index (χ1v) is 9.88. The molecule has 9 heteroatoms. The predicted molar refractivity (Wildman–Crippen MR) is 107 cm³/mol. The van der Waals surface area contributed by atoms with Crippen LogP contribution in [-0.2, 0) is 4.74 Å². The molecule has 1 aromatic heterocycles. The molecule has 0 aliphatic carbocycles. The van der Waals surface area contributed by atoms with Crippen LogP contribution in [0.1, 0.15) is 25.0 Å². The van der Waals surface area contributed by atoms with Crippen molar-refractivity contribution in [1.29, 1.82) is 0 Å². The predicted octanol–water partition coefficient (Wildman–Crippen LogP) is 3.16. The molecule has 0 bridgehead atoms. The molecule has 2 aliphatic rings. The average molecular weight is 416 g/mol. The van der Waals surface area contributed by atoms with Crippen LogP contribution in [0.2, 0.25) is 0 Å². The number of ether oxygens (including phenoxy) is 1. The Balaban J connectivity index is 1.52. The number of aromatic nitrogens is 1. The van der Waals surface area contributed by atoms with Crippen molar-refractivity contribution in [3.05, 3.63) is 47.8 Å². The van der Waals surface area contributed by atoms with Crippen LogP contribution in [0.5, 0.6) is 0 Å². The van der Waals surface area contributed by atoms with E-state index in [1.54, 1.807) is 18.3 Å². The first-order chi connectivity index (χ1) is 14.5. The fourth-order valence-electron chi connectivity index (χ4n) is 3.58. The highest BCUT2D eigenvalue weighted by Gasteiger charge is 2.33. The summed E-state index contributed by atoms with van der Waals surface area (Å²) in [4.78, 5) is 17.2. The minimum atomic E-state index is -0.818. The van der Waals surface area contributed by atoms with Crippen LogP contribution in [0.4, 0.5) is 19.3 Å². The van der Waals surface area contributed by atoms with Crippen molar-refractivity contribution in [2.24, 2.45) is 5.10 Å². The second-order valence-electron chi connectivity index (χ2n) is 7.31. The van der Waals surface area contributed by atoms with Gasteiger partial charge in [0, 0.05) is 24.8 Å². The van der Waals surface area contributed by atoms with E-state index in [-0.39, 0.29) is 30.0 Å². The van der Waals surface area contributed by atoms with Crippen LogP contribution < -0.4 is 4.90 Å². The monoisotopic (exact) mass is 416 g/mol. The van der Waals surface area contributed by atoms with E-state index in [0.29, 0.717) is 5.69 Å². The third kappa shape index (κ3) is 4.25. The van der Waals surface area contributed by atoms with Gasteiger partial charge in [-0.25, -0.2) is 13.6 Å². The standard InChI is InChI=1S/C21H22F2N4O3/c22-18-8-16(27-12-17(13-28)30-21(27)29)9-19(23)20(18)14-4-5-15(24-10-14)11-25-26-6-2-1-3-7-26/h4-5,8-11,17,28H,1-3,6-7,12-13H2/b25-11+/t17-/m1/s1. The normalized spacial score (nSPS) is 19.6. The lowest BCUT2D eigenvalue weighted by Crippen LogP contribution is -2.25. The van der Waals surface area contributed by atoms with E-state index in [9.17, 15) is 13.6 Å². The molecule has 158 valence electrons. The van der Waals surface area contributed by atoms with Gasteiger partial charge in [0.2, 0.25) is 0 Å². The highest BCUT2D eigenvalue weighted by atomic mass is 19.1. The number of piperidine rings is 1. The van der Waals surface area contributed by atoms with Gasteiger partial charge in [-0.1, -0.05) is 6.07 Å². The number of aliphatic hydroxyl groups is 1. The summed E-state index contributed by atoms with van der Waals surface area (Å²) in [5.41, 5.74) is 0.686. The number of nitrogens with zero attached hydrogens (tertiary/aromatic N) is 4. The van der Waals surface area contributed by atoms with Crippen LogP contribution in [0.15, 0.2) is 35.6 Å². The molecule has 1 amide bonds. The summed E-state index contributed by atoms with van der Waals surface area (Å²) in [5.74, 6) is -1.64. The van der Waals surface area contributed by atoms with E-state index in [2.05, 4.69) is 10.1 Å². The number of halogens is 2. The number of hydrazone groups is 1. The first kappa shape index (κ1) is 20.2. The Hall–Kier alpha value is -3.07. The van der Waals surface area contributed by atoms with Gasteiger partial charge in [0.25, 0.3) is 0 Å². The Morgan fingerprint density at radius 3 is 2.53 bits per heavy atom. The Kier molecular flexibility index (Phi) is 5.89. The van der Waals surface area contributed by atoms with Crippen LogP contribution in [0.25, 0.3) is 11.1 Å².